The maximum absolute atomic E-state index is 5.78. The molecule has 0 aliphatic heterocycles. The van der Waals surface area contributed by atoms with Crippen molar-refractivity contribution < 1.29 is 14.2 Å². The average Bonchev–Trinajstić information content (AvgIpc) is 3.25. The van der Waals surface area contributed by atoms with Crippen molar-refractivity contribution in [3.05, 3.63) is 48.7 Å². The number of fused-ring (bicyclic) bond motifs is 1. The number of nitrogens with zero attached hydrogens (tertiary/aromatic N) is 6. The molecule has 0 unspecified atom stereocenters. The van der Waals surface area contributed by atoms with Gasteiger partial charge in [0.1, 0.15) is 5.75 Å². The predicted molar refractivity (Wildman–Crippen MR) is 126 cm³/mol. The number of aromatic nitrogens is 5. The van der Waals surface area contributed by atoms with Gasteiger partial charge in [-0.3, -0.25) is 0 Å². The van der Waals surface area contributed by atoms with Crippen molar-refractivity contribution in [1.82, 2.24) is 29.9 Å². The molecule has 172 valence electrons. The van der Waals surface area contributed by atoms with Gasteiger partial charge in [-0.05, 0) is 56.9 Å². The van der Waals surface area contributed by atoms with Crippen LogP contribution in [0.5, 0.6) is 17.2 Å². The first-order valence-electron chi connectivity index (χ1n) is 10.5. The quantitative estimate of drug-likeness (QED) is 0.366. The molecule has 10 nitrogen and oxygen atoms in total. The molecule has 0 bridgehead atoms. The van der Waals surface area contributed by atoms with Crippen molar-refractivity contribution in [1.29, 1.82) is 0 Å². The van der Waals surface area contributed by atoms with E-state index in [4.69, 9.17) is 14.2 Å². The molecule has 0 fully saturated rings. The van der Waals surface area contributed by atoms with E-state index in [9.17, 15) is 0 Å². The first-order valence-corrected chi connectivity index (χ1v) is 10.5. The molecule has 2 aromatic heterocycles. The van der Waals surface area contributed by atoms with Gasteiger partial charge in [0.25, 0.3) is 0 Å². The van der Waals surface area contributed by atoms with Crippen molar-refractivity contribution in [2.45, 2.75) is 6.42 Å². The zero-order valence-electron chi connectivity index (χ0n) is 19.1. The lowest BCUT2D eigenvalue weighted by molar-refractivity contribution is 0.281. The summed E-state index contributed by atoms with van der Waals surface area (Å²) in [5, 5.41) is 11.6. The summed E-state index contributed by atoms with van der Waals surface area (Å²) in [6.45, 7) is 1.67. The summed E-state index contributed by atoms with van der Waals surface area (Å²) in [5.74, 6) is 2.49. The van der Waals surface area contributed by atoms with Crippen LogP contribution in [0, 0.1) is 0 Å². The zero-order valence-corrected chi connectivity index (χ0v) is 19.1. The van der Waals surface area contributed by atoms with Gasteiger partial charge in [-0.25, -0.2) is 4.98 Å². The Labute approximate surface area is 192 Å². The lowest BCUT2D eigenvalue weighted by atomic mass is 10.2. The van der Waals surface area contributed by atoms with Gasteiger partial charge in [0.15, 0.2) is 22.7 Å². The Morgan fingerprint density at radius 1 is 1.00 bits per heavy atom. The van der Waals surface area contributed by atoms with E-state index in [1.165, 1.54) is 0 Å². The molecule has 10 heteroatoms. The molecule has 33 heavy (non-hydrogen) atoms. The van der Waals surface area contributed by atoms with Crippen LogP contribution in [0.25, 0.3) is 16.9 Å². The number of ether oxygens (including phenoxy) is 3. The van der Waals surface area contributed by atoms with Crippen LogP contribution in [-0.4, -0.2) is 71.3 Å². The number of hydrogen-bond acceptors (Lipinski definition) is 9. The maximum Gasteiger partial charge on any atom is 0.229 e. The van der Waals surface area contributed by atoms with Crippen molar-refractivity contribution in [3.63, 3.8) is 0 Å². The van der Waals surface area contributed by atoms with Gasteiger partial charge in [0, 0.05) is 18.3 Å². The Balaban J connectivity index is 1.50. The molecule has 4 aromatic rings. The van der Waals surface area contributed by atoms with Gasteiger partial charge >= 0.3 is 0 Å². The minimum Gasteiger partial charge on any atom is -0.494 e. The molecule has 0 saturated carbocycles. The molecule has 1 N–H and O–H groups in total. The van der Waals surface area contributed by atoms with E-state index < -0.39 is 0 Å². The summed E-state index contributed by atoms with van der Waals surface area (Å²) in [6, 6.07) is 13.2. The van der Waals surface area contributed by atoms with Gasteiger partial charge in [-0.1, -0.05) is 5.21 Å². The van der Waals surface area contributed by atoms with E-state index >= 15 is 0 Å². The fourth-order valence-corrected chi connectivity index (χ4v) is 3.25. The van der Waals surface area contributed by atoms with Gasteiger partial charge in [-0.15, -0.1) is 5.10 Å². The van der Waals surface area contributed by atoms with Gasteiger partial charge in [0.05, 0.1) is 32.7 Å². The normalized spacial score (nSPS) is 11.1. The second kappa shape index (κ2) is 10.1. The molecule has 2 aromatic carbocycles. The van der Waals surface area contributed by atoms with Crippen LogP contribution in [0.15, 0.2) is 48.7 Å². The number of hydrogen-bond donors (Lipinski definition) is 1. The summed E-state index contributed by atoms with van der Waals surface area (Å²) in [4.78, 5) is 11.1. The smallest absolute Gasteiger partial charge is 0.229 e. The van der Waals surface area contributed by atoms with Crippen LogP contribution >= 0.6 is 0 Å². The van der Waals surface area contributed by atoms with Crippen molar-refractivity contribution in [2.75, 3.05) is 46.8 Å². The Bertz CT molecular complexity index is 1210. The molecule has 4 rings (SSSR count). The van der Waals surface area contributed by atoms with Crippen molar-refractivity contribution >= 4 is 22.8 Å². The van der Waals surface area contributed by atoms with Crippen LogP contribution in [0.4, 0.5) is 11.6 Å². The number of benzene rings is 2. The lowest BCUT2D eigenvalue weighted by Gasteiger charge is -2.11. The molecule has 0 spiro atoms. The summed E-state index contributed by atoms with van der Waals surface area (Å²) < 4.78 is 18.1. The summed E-state index contributed by atoms with van der Waals surface area (Å²) in [7, 11) is 7.29. The Hall–Kier alpha value is -3.92. The van der Waals surface area contributed by atoms with Crippen LogP contribution in [0.1, 0.15) is 6.42 Å². The number of methoxy groups -OCH3 is 2. The SMILES string of the molecule is COc1ccc(-n2nnc3cnc(Nc4ccc(OCCCN(C)C)cc4)nc32)cc1OC. The van der Waals surface area contributed by atoms with E-state index in [2.05, 4.69) is 44.6 Å². The minimum absolute atomic E-state index is 0.436. The minimum atomic E-state index is 0.436. The fraction of sp³-hybridized carbons (Fsp3) is 0.304. The number of anilines is 2. The second-order valence-electron chi connectivity index (χ2n) is 7.60. The highest BCUT2D eigenvalue weighted by atomic mass is 16.5. The maximum atomic E-state index is 5.78. The third-order valence-corrected chi connectivity index (χ3v) is 4.93. The molecule has 0 aliphatic rings. The Morgan fingerprint density at radius 3 is 2.52 bits per heavy atom. The van der Waals surface area contributed by atoms with E-state index in [-0.39, 0.29) is 0 Å². The van der Waals surface area contributed by atoms with Crippen LogP contribution < -0.4 is 19.5 Å². The predicted octanol–water partition coefficient (Wildman–Crippen LogP) is 3.30. The molecular formula is C23H27N7O3. The summed E-state index contributed by atoms with van der Waals surface area (Å²) in [6.07, 6.45) is 2.61. The highest BCUT2D eigenvalue weighted by molar-refractivity contribution is 5.73. The number of nitrogens with one attached hydrogen (secondary N) is 1. The third kappa shape index (κ3) is 5.29. The van der Waals surface area contributed by atoms with Crippen LogP contribution in [0.3, 0.4) is 0 Å². The van der Waals surface area contributed by atoms with Crippen LogP contribution in [-0.2, 0) is 0 Å². The molecule has 0 atom stereocenters. The largest absolute Gasteiger partial charge is 0.494 e. The van der Waals surface area contributed by atoms with Gasteiger partial charge < -0.3 is 24.4 Å². The molecular weight excluding hydrogens is 422 g/mol. The van der Waals surface area contributed by atoms with E-state index in [0.717, 1.165) is 30.1 Å². The first kappa shape index (κ1) is 22.3. The van der Waals surface area contributed by atoms with Gasteiger partial charge in [0.2, 0.25) is 5.95 Å². The standard InChI is InChI=1S/C23H27N7O3/c1-29(2)12-5-13-33-18-9-6-16(7-10-18)25-23-24-15-19-22(26-23)30(28-27-19)17-8-11-20(31-3)21(14-17)32-4/h6-11,14-15H,5,12-13H2,1-4H3,(H,24,25,26). The van der Waals surface area contributed by atoms with Crippen molar-refractivity contribution in [3.8, 4) is 22.9 Å². The third-order valence-electron chi connectivity index (χ3n) is 4.93. The van der Waals surface area contributed by atoms with E-state index in [1.54, 1.807) is 25.1 Å². The summed E-state index contributed by atoms with van der Waals surface area (Å²) in [5.41, 5.74) is 2.74. The fourth-order valence-electron chi connectivity index (χ4n) is 3.25. The first-order chi connectivity index (χ1) is 16.1. The molecule has 0 amide bonds. The molecule has 0 aliphatic carbocycles. The van der Waals surface area contributed by atoms with E-state index in [1.807, 2.05) is 42.5 Å². The monoisotopic (exact) mass is 449 g/mol. The Morgan fingerprint density at radius 2 is 1.79 bits per heavy atom. The van der Waals surface area contributed by atoms with E-state index in [0.29, 0.717) is 35.2 Å². The topological polar surface area (TPSA) is 99.5 Å². The average molecular weight is 450 g/mol. The molecule has 2 heterocycles. The lowest BCUT2D eigenvalue weighted by Crippen LogP contribution is -2.15. The second-order valence-corrected chi connectivity index (χ2v) is 7.60. The zero-order chi connectivity index (χ0) is 23.2. The van der Waals surface area contributed by atoms with Crippen molar-refractivity contribution in [2.24, 2.45) is 0 Å². The summed E-state index contributed by atoms with van der Waals surface area (Å²) >= 11 is 0. The highest BCUT2D eigenvalue weighted by Crippen LogP contribution is 2.29. The number of rotatable bonds is 10. The molecule has 0 saturated heterocycles. The van der Waals surface area contributed by atoms with Crippen LogP contribution in [0.2, 0.25) is 0 Å². The highest BCUT2D eigenvalue weighted by Gasteiger charge is 2.13. The Kier molecular flexibility index (Phi) is 6.84. The molecule has 0 radical (unpaired) electrons. The van der Waals surface area contributed by atoms with Gasteiger partial charge in [-0.2, -0.15) is 9.67 Å².